The smallest absolute Gasteiger partial charge is 0.144 e. The van der Waals surface area contributed by atoms with E-state index in [9.17, 15) is 0 Å². The van der Waals surface area contributed by atoms with Crippen LogP contribution in [0.15, 0.2) is 24.3 Å². The first-order valence-corrected chi connectivity index (χ1v) is 5.75. The van der Waals surface area contributed by atoms with Crippen molar-refractivity contribution in [3.05, 3.63) is 35.4 Å². The molecule has 2 aromatic carbocycles. The number of methoxy groups -OCH3 is 1. The molecule has 0 bridgehead atoms. The molecule has 0 unspecified atom stereocenters. The highest BCUT2D eigenvalue weighted by Gasteiger charge is 2.12. The van der Waals surface area contributed by atoms with Crippen LogP contribution in [0.5, 0.6) is 5.75 Å². The van der Waals surface area contributed by atoms with E-state index in [1.165, 1.54) is 27.4 Å². The van der Waals surface area contributed by atoms with E-state index >= 15 is 0 Å². The fourth-order valence-electron chi connectivity index (χ4n) is 2.58. The summed E-state index contributed by atoms with van der Waals surface area (Å²) in [7, 11) is 6.10. The lowest BCUT2D eigenvalue weighted by Crippen LogP contribution is -2.16. The van der Waals surface area contributed by atoms with Crippen LogP contribution in [-0.2, 0) is 6.32 Å². The first-order valence-electron chi connectivity index (χ1n) is 5.75. The Labute approximate surface area is 98.6 Å². The van der Waals surface area contributed by atoms with Crippen LogP contribution < -0.4 is 10.2 Å². The third-order valence-electron chi connectivity index (χ3n) is 3.38. The Hall–Kier alpha value is -1.37. The van der Waals surface area contributed by atoms with Gasteiger partial charge in [-0.05, 0) is 23.3 Å². The summed E-state index contributed by atoms with van der Waals surface area (Å²) in [6.45, 7) is 2.20. The molecule has 0 N–H and O–H groups in total. The first-order chi connectivity index (χ1) is 7.70. The summed E-state index contributed by atoms with van der Waals surface area (Å²) in [5.41, 5.74) is 4.08. The molecule has 0 aromatic heterocycles. The summed E-state index contributed by atoms with van der Waals surface area (Å²) in [6, 6.07) is 8.46. The summed E-state index contributed by atoms with van der Waals surface area (Å²) in [4.78, 5) is 0. The van der Waals surface area contributed by atoms with Gasteiger partial charge in [-0.2, -0.15) is 0 Å². The lowest BCUT2D eigenvalue weighted by Gasteiger charge is -2.17. The maximum absolute atomic E-state index is 5.56. The van der Waals surface area contributed by atoms with Crippen LogP contribution in [0.2, 0.25) is 0 Å². The van der Waals surface area contributed by atoms with Gasteiger partial charge in [0.25, 0.3) is 0 Å². The molecule has 0 saturated heterocycles. The molecule has 0 heterocycles. The van der Waals surface area contributed by atoms with Crippen molar-refractivity contribution < 1.29 is 4.74 Å². The number of rotatable bonds is 2. The van der Waals surface area contributed by atoms with Crippen molar-refractivity contribution >= 4 is 31.9 Å². The van der Waals surface area contributed by atoms with Gasteiger partial charge in [-0.25, -0.2) is 0 Å². The van der Waals surface area contributed by atoms with Crippen LogP contribution in [0.3, 0.4) is 0 Å². The third kappa shape index (κ3) is 1.51. The minimum Gasteiger partial charge on any atom is -0.497 e. The SMILES string of the molecule is BCc1c(B)c(OC)c2ccccc2c1C. The fraction of sp³-hybridized carbons (Fsp3) is 0.231. The van der Waals surface area contributed by atoms with Crippen LogP contribution in [-0.4, -0.2) is 22.8 Å². The molecule has 2 aromatic rings. The van der Waals surface area contributed by atoms with Crippen molar-refractivity contribution in [2.75, 3.05) is 7.11 Å². The molecule has 0 amide bonds. The molecule has 2 rings (SSSR count). The van der Waals surface area contributed by atoms with Crippen LogP contribution in [0.4, 0.5) is 0 Å². The van der Waals surface area contributed by atoms with E-state index in [0.29, 0.717) is 0 Å². The minimum atomic E-state index is 1.03. The van der Waals surface area contributed by atoms with Crippen molar-refractivity contribution in [2.45, 2.75) is 13.2 Å². The molecule has 0 aliphatic heterocycles. The molecule has 0 aliphatic rings. The van der Waals surface area contributed by atoms with Crippen LogP contribution >= 0.6 is 0 Å². The van der Waals surface area contributed by atoms with Crippen molar-refractivity contribution in [3.63, 3.8) is 0 Å². The van der Waals surface area contributed by atoms with Gasteiger partial charge in [0, 0.05) is 5.39 Å². The van der Waals surface area contributed by atoms with Gasteiger partial charge in [-0.3, -0.25) is 0 Å². The van der Waals surface area contributed by atoms with Gasteiger partial charge in [0.1, 0.15) is 21.4 Å². The lowest BCUT2D eigenvalue weighted by molar-refractivity contribution is 0.423. The highest BCUT2D eigenvalue weighted by molar-refractivity contribution is 6.38. The predicted octanol–water partition coefficient (Wildman–Crippen LogP) is 0.548. The molecule has 0 fully saturated rings. The zero-order valence-electron chi connectivity index (χ0n) is 10.4. The number of hydrogen-bond donors (Lipinski definition) is 0. The second-order valence-corrected chi connectivity index (χ2v) is 4.16. The molecule has 0 spiro atoms. The average molecular weight is 210 g/mol. The van der Waals surface area contributed by atoms with Gasteiger partial charge in [0.2, 0.25) is 0 Å². The highest BCUT2D eigenvalue weighted by atomic mass is 16.5. The van der Waals surface area contributed by atoms with E-state index in [4.69, 9.17) is 4.74 Å². The summed E-state index contributed by atoms with van der Waals surface area (Å²) < 4.78 is 5.56. The quantitative estimate of drug-likeness (QED) is 0.657. The zero-order valence-corrected chi connectivity index (χ0v) is 10.4. The molecule has 80 valence electrons. The van der Waals surface area contributed by atoms with Crippen molar-refractivity contribution in [1.82, 2.24) is 0 Å². The number of fused-ring (bicyclic) bond motifs is 1. The number of hydrogen-bond acceptors (Lipinski definition) is 1. The van der Waals surface area contributed by atoms with Gasteiger partial charge < -0.3 is 4.74 Å². The monoisotopic (exact) mass is 210 g/mol. The molecular formula is C13H16B2O. The van der Waals surface area contributed by atoms with E-state index in [2.05, 4.69) is 46.9 Å². The number of ether oxygens (including phenoxy) is 1. The molecular weight excluding hydrogens is 194 g/mol. The second kappa shape index (κ2) is 4.25. The van der Waals surface area contributed by atoms with Crippen molar-refractivity contribution in [3.8, 4) is 5.75 Å². The maximum Gasteiger partial charge on any atom is 0.144 e. The Kier molecular flexibility index (Phi) is 2.95. The molecule has 0 aliphatic carbocycles. The average Bonchev–Trinajstić information content (AvgIpc) is 2.30. The summed E-state index contributed by atoms with van der Waals surface area (Å²) in [6.07, 6.45) is 1.05. The third-order valence-corrected chi connectivity index (χ3v) is 3.38. The zero-order chi connectivity index (χ0) is 11.7. The van der Waals surface area contributed by atoms with Crippen LogP contribution in [0.1, 0.15) is 11.1 Å². The number of benzene rings is 2. The molecule has 16 heavy (non-hydrogen) atoms. The molecule has 0 saturated carbocycles. The Morgan fingerprint density at radius 1 is 1.19 bits per heavy atom. The molecule has 0 atom stereocenters. The van der Waals surface area contributed by atoms with E-state index in [0.717, 1.165) is 12.1 Å². The summed E-state index contributed by atoms with van der Waals surface area (Å²) in [5.74, 6) is 1.03. The largest absolute Gasteiger partial charge is 0.497 e. The van der Waals surface area contributed by atoms with Crippen molar-refractivity contribution in [2.24, 2.45) is 0 Å². The van der Waals surface area contributed by atoms with Gasteiger partial charge in [0.15, 0.2) is 0 Å². The van der Waals surface area contributed by atoms with E-state index < -0.39 is 0 Å². The molecule has 0 radical (unpaired) electrons. The fourth-order valence-corrected chi connectivity index (χ4v) is 2.58. The van der Waals surface area contributed by atoms with Gasteiger partial charge >= 0.3 is 0 Å². The Morgan fingerprint density at radius 3 is 2.38 bits per heavy atom. The van der Waals surface area contributed by atoms with E-state index in [1.807, 2.05) is 0 Å². The summed E-state index contributed by atoms with van der Waals surface area (Å²) >= 11 is 0. The Balaban J connectivity index is 2.94. The normalized spacial score (nSPS) is 10.6. The van der Waals surface area contributed by atoms with Gasteiger partial charge in [-0.15, -0.1) is 0 Å². The highest BCUT2D eigenvalue weighted by Crippen LogP contribution is 2.28. The molecule has 1 nitrogen and oxygen atoms in total. The Morgan fingerprint density at radius 2 is 1.81 bits per heavy atom. The van der Waals surface area contributed by atoms with Gasteiger partial charge in [-0.1, -0.05) is 36.1 Å². The van der Waals surface area contributed by atoms with Gasteiger partial charge in [0.05, 0.1) is 7.11 Å². The van der Waals surface area contributed by atoms with Crippen molar-refractivity contribution in [1.29, 1.82) is 0 Å². The predicted molar refractivity (Wildman–Crippen MR) is 75.7 cm³/mol. The molecule has 3 heteroatoms. The van der Waals surface area contributed by atoms with Crippen LogP contribution in [0, 0.1) is 6.92 Å². The Bertz CT molecular complexity index is 535. The first kappa shape index (κ1) is 11.1. The van der Waals surface area contributed by atoms with Crippen LogP contribution in [0.25, 0.3) is 10.8 Å². The summed E-state index contributed by atoms with van der Waals surface area (Å²) in [5, 5.41) is 2.53. The maximum atomic E-state index is 5.56. The minimum absolute atomic E-state index is 1.03. The topological polar surface area (TPSA) is 9.23 Å². The van der Waals surface area contributed by atoms with E-state index in [-0.39, 0.29) is 0 Å². The van der Waals surface area contributed by atoms with E-state index in [1.54, 1.807) is 7.11 Å². The lowest BCUT2D eigenvalue weighted by atomic mass is 9.78. The standard InChI is InChI=1S/C13H16B2O/c1-8-9-5-3-4-6-10(9)13(16-2)12(15)11(8)7-14/h3-6H,7,14-15H2,1-2H3. The number of aryl methyl sites for hydroxylation is 1. The second-order valence-electron chi connectivity index (χ2n) is 4.16.